The van der Waals surface area contributed by atoms with E-state index in [-0.39, 0.29) is 11.9 Å². The fraction of sp³-hybridized carbons (Fsp3) is 0.348. The molecule has 0 spiro atoms. The zero-order chi connectivity index (χ0) is 19.1. The van der Waals surface area contributed by atoms with Crippen molar-refractivity contribution < 1.29 is 4.79 Å². The monoisotopic (exact) mass is 359 g/mol. The van der Waals surface area contributed by atoms with Crippen LogP contribution in [0.1, 0.15) is 52.8 Å². The number of aryl methyl sites for hydroxylation is 2. The third kappa shape index (κ3) is 3.09. The molecule has 4 nitrogen and oxygen atoms in total. The molecule has 2 aromatic carbocycles. The van der Waals surface area contributed by atoms with E-state index < -0.39 is 0 Å². The fourth-order valence-corrected chi connectivity index (χ4v) is 4.07. The van der Waals surface area contributed by atoms with E-state index in [1.54, 1.807) is 0 Å². The van der Waals surface area contributed by atoms with Gasteiger partial charge in [0, 0.05) is 12.1 Å². The average Bonchev–Trinajstić information content (AvgIpc) is 2.67. The van der Waals surface area contributed by atoms with Crippen molar-refractivity contribution >= 4 is 16.9 Å². The van der Waals surface area contributed by atoms with E-state index in [1.165, 1.54) is 11.1 Å². The van der Waals surface area contributed by atoms with Crippen molar-refractivity contribution in [3.05, 3.63) is 70.5 Å². The van der Waals surface area contributed by atoms with E-state index in [1.807, 2.05) is 36.9 Å². The number of nitrogens with zero attached hydrogens (tertiary/aromatic N) is 3. The molecule has 3 aromatic rings. The number of carbonyl (C=O) groups is 1. The number of hydrogen-bond acceptors (Lipinski definition) is 3. The number of carbonyl (C=O) groups excluding carboxylic acids is 1. The zero-order valence-electron chi connectivity index (χ0n) is 16.4. The molecular formula is C23H25N3O. The molecule has 1 aliphatic rings. The first-order valence-corrected chi connectivity index (χ1v) is 9.59. The van der Waals surface area contributed by atoms with E-state index in [0.717, 1.165) is 35.4 Å². The molecule has 0 saturated heterocycles. The van der Waals surface area contributed by atoms with Crippen molar-refractivity contribution in [1.82, 2.24) is 14.9 Å². The third-order valence-electron chi connectivity index (χ3n) is 5.55. The molecule has 0 radical (unpaired) electrons. The third-order valence-corrected chi connectivity index (χ3v) is 5.55. The van der Waals surface area contributed by atoms with E-state index in [9.17, 15) is 4.79 Å². The van der Waals surface area contributed by atoms with Crippen molar-refractivity contribution in [2.45, 2.75) is 40.2 Å². The number of hydrogen-bond donors (Lipinski definition) is 0. The van der Waals surface area contributed by atoms with Crippen LogP contribution in [-0.2, 0) is 6.42 Å². The molecule has 0 fully saturated rings. The van der Waals surface area contributed by atoms with Crippen LogP contribution in [0.3, 0.4) is 0 Å². The second-order valence-electron chi connectivity index (χ2n) is 7.73. The number of amides is 1. The molecule has 1 atom stereocenters. The van der Waals surface area contributed by atoms with E-state index >= 15 is 0 Å². The molecule has 4 heteroatoms. The molecule has 0 aliphatic carbocycles. The minimum atomic E-state index is 0.0742. The van der Waals surface area contributed by atoms with Crippen LogP contribution < -0.4 is 0 Å². The van der Waals surface area contributed by atoms with Gasteiger partial charge in [-0.25, -0.2) is 9.97 Å². The summed E-state index contributed by atoms with van der Waals surface area (Å²) in [5, 5.41) is 0. The van der Waals surface area contributed by atoms with Crippen molar-refractivity contribution in [3.8, 4) is 0 Å². The van der Waals surface area contributed by atoms with E-state index in [2.05, 4.69) is 48.1 Å². The summed E-state index contributed by atoms with van der Waals surface area (Å²) < 4.78 is 0. The lowest BCUT2D eigenvalue weighted by atomic mass is 9.86. The Morgan fingerprint density at radius 2 is 1.74 bits per heavy atom. The van der Waals surface area contributed by atoms with Crippen LogP contribution in [0.15, 0.2) is 42.5 Å². The van der Waals surface area contributed by atoms with Gasteiger partial charge >= 0.3 is 0 Å². The summed E-state index contributed by atoms with van der Waals surface area (Å²) in [6, 6.07) is 14.3. The normalized spacial score (nSPS) is 16.6. The number of benzene rings is 2. The molecule has 4 rings (SSSR count). The lowest BCUT2D eigenvalue weighted by Gasteiger charge is -2.40. The van der Waals surface area contributed by atoms with Crippen molar-refractivity contribution in [3.63, 3.8) is 0 Å². The molecule has 1 aliphatic heterocycles. The van der Waals surface area contributed by atoms with Gasteiger partial charge in [-0.15, -0.1) is 0 Å². The molecular weight excluding hydrogens is 334 g/mol. The van der Waals surface area contributed by atoms with Gasteiger partial charge in [-0.3, -0.25) is 4.79 Å². The number of fused-ring (bicyclic) bond motifs is 2. The molecule has 0 N–H and O–H groups in total. The Balaban J connectivity index is 1.73. The van der Waals surface area contributed by atoms with Crippen LogP contribution in [0.5, 0.6) is 0 Å². The Kier molecular flexibility index (Phi) is 4.42. The van der Waals surface area contributed by atoms with Gasteiger partial charge in [-0.2, -0.15) is 0 Å². The standard InChI is InChI=1S/C23H25N3O/c1-14(2)22-19-8-6-5-7-17(19)11-12-26(22)23(27)18-9-10-20-21(13-18)25-16(4)15(3)24-20/h5-10,13-14,22H,11-12H2,1-4H3. The van der Waals surface area contributed by atoms with Crippen molar-refractivity contribution in [2.24, 2.45) is 5.92 Å². The first-order chi connectivity index (χ1) is 13.0. The lowest BCUT2D eigenvalue weighted by Crippen LogP contribution is -2.42. The summed E-state index contributed by atoms with van der Waals surface area (Å²) >= 11 is 0. The topological polar surface area (TPSA) is 46.1 Å². The van der Waals surface area contributed by atoms with Gasteiger partial charge in [-0.05, 0) is 55.5 Å². The number of aromatic nitrogens is 2. The maximum atomic E-state index is 13.4. The van der Waals surface area contributed by atoms with Crippen molar-refractivity contribution in [1.29, 1.82) is 0 Å². The van der Waals surface area contributed by atoms with Gasteiger partial charge in [0.15, 0.2) is 0 Å². The molecule has 138 valence electrons. The smallest absolute Gasteiger partial charge is 0.254 e. The van der Waals surface area contributed by atoms with Crippen LogP contribution in [-0.4, -0.2) is 27.3 Å². The summed E-state index contributed by atoms with van der Waals surface area (Å²) in [5.74, 6) is 0.422. The van der Waals surface area contributed by atoms with E-state index in [4.69, 9.17) is 0 Å². The van der Waals surface area contributed by atoms with Crippen LogP contribution in [0.4, 0.5) is 0 Å². The first-order valence-electron chi connectivity index (χ1n) is 9.59. The zero-order valence-corrected chi connectivity index (χ0v) is 16.4. The summed E-state index contributed by atoms with van der Waals surface area (Å²) in [7, 11) is 0. The Hall–Kier alpha value is -2.75. The Bertz CT molecular complexity index is 1030. The minimum absolute atomic E-state index is 0.0742. The van der Waals surface area contributed by atoms with Crippen LogP contribution >= 0.6 is 0 Å². The summed E-state index contributed by atoms with van der Waals surface area (Å²) in [6.45, 7) is 9.03. The molecule has 1 amide bonds. The average molecular weight is 359 g/mol. The second-order valence-corrected chi connectivity index (χ2v) is 7.73. The molecule has 27 heavy (non-hydrogen) atoms. The second kappa shape index (κ2) is 6.76. The first kappa shape index (κ1) is 17.7. The predicted octanol–water partition coefficient (Wildman–Crippen LogP) is 4.64. The van der Waals surface area contributed by atoms with Crippen LogP contribution in [0, 0.1) is 19.8 Å². The highest BCUT2D eigenvalue weighted by molar-refractivity contribution is 5.97. The maximum Gasteiger partial charge on any atom is 0.254 e. The highest BCUT2D eigenvalue weighted by Gasteiger charge is 2.33. The largest absolute Gasteiger partial charge is 0.331 e. The lowest BCUT2D eigenvalue weighted by molar-refractivity contribution is 0.0603. The highest BCUT2D eigenvalue weighted by atomic mass is 16.2. The van der Waals surface area contributed by atoms with Crippen molar-refractivity contribution in [2.75, 3.05) is 6.54 Å². The molecule has 1 aromatic heterocycles. The predicted molar refractivity (Wildman–Crippen MR) is 108 cm³/mol. The SMILES string of the molecule is Cc1nc2ccc(C(=O)N3CCc4ccccc4C3C(C)C)cc2nc1C. The van der Waals surface area contributed by atoms with Gasteiger partial charge in [0.25, 0.3) is 5.91 Å². The van der Waals surface area contributed by atoms with Gasteiger partial charge in [0.05, 0.1) is 28.5 Å². The highest BCUT2D eigenvalue weighted by Crippen LogP contribution is 2.36. The van der Waals surface area contributed by atoms with Crippen LogP contribution in [0.2, 0.25) is 0 Å². The summed E-state index contributed by atoms with van der Waals surface area (Å²) in [6.07, 6.45) is 0.900. The minimum Gasteiger partial charge on any atom is -0.331 e. The quantitative estimate of drug-likeness (QED) is 0.669. The Morgan fingerprint density at radius 3 is 2.48 bits per heavy atom. The summed E-state index contributed by atoms with van der Waals surface area (Å²) in [5.41, 5.74) is 6.76. The number of rotatable bonds is 2. The van der Waals surface area contributed by atoms with E-state index in [0.29, 0.717) is 11.5 Å². The van der Waals surface area contributed by atoms with Gasteiger partial charge in [-0.1, -0.05) is 38.1 Å². The Labute approximate surface area is 160 Å². The molecule has 0 saturated carbocycles. The maximum absolute atomic E-state index is 13.4. The molecule has 0 bridgehead atoms. The van der Waals surface area contributed by atoms with Gasteiger partial charge < -0.3 is 4.90 Å². The molecule has 2 heterocycles. The van der Waals surface area contributed by atoms with Gasteiger partial charge in [0.2, 0.25) is 0 Å². The Morgan fingerprint density at radius 1 is 1.04 bits per heavy atom. The van der Waals surface area contributed by atoms with Crippen LogP contribution in [0.25, 0.3) is 11.0 Å². The fourth-order valence-electron chi connectivity index (χ4n) is 4.07. The molecule has 1 unspecified atom stereocenters. The summed E-state index contributed by atoms with van der Waals surface area (Å²) in [4.78, 5) is 24.6. The van der Waals surface area contributed by atoms with Gasteiger partial charge in [0.1, 0.15) is 0 Å².